The van der Waals surface area contributed by atoms with Crippen LogP contribution < -0.4 is 10.6 Å². The molecule has 0 spiro atoms. The fourth-order valence-corrected chi connectivity index (χ4v) is 3.04. The molecule has 4 nitrogen and oxygen atoms in total. The SMILES string of the molecule is C[C@]1(C(=O)NCCCOC2CCCC2)CCCNC1. The van der Waals surface area contributed by atoms with Crippen LogP contribution in [0.1, 0.15) is 51.9 Å². The van der Waals surface area contributed by atoms with E-state index in [9.17, 15) is 4.79 Å². The van der Waals surface area contributed by atoms with Crippen LogP contribution in [0, 0.1) is 5.41 Å². The Hall–Kier alpha value is -0.610. The van der Waals surface area contributed by atoms with E-state index in [1.54, 1.807) is 0 Å². The van der Waals surface area contributed by atoms with Gasteiger partial charge in [-0.2, -0.15) is 0 Å². The zero-order valence-electron chi connectivity index (χ0n) is 12.2. The summed E-state index contributed by atoms with van der Waals surface area (Å²) in [5, 5.41) is 6.37. The first-order valence-corrected chi connectivity index (χ1v) is 7.81. The van der Waals surface area contributed by atoms with E-state index in [2.05, 4.69) is 17.6 Å². The van der Waals surface area contributed by atoms with Gasteiger partial charge in [-0.15, -0.1) is 0 Å². The van der Waals surface area contributed by atoms with Crippen LogP contribution in [-0.4, -0.2) is 38.3 Å². The van der Waals surface area contributed by atoms with Gasteiger partial charge in [0.15, 0.2) is 0 Å². The predicted octanol–water partition coefficient (Wildman–Crippen LogP) is 1.84. The van der Waals surface area contributed by atoms with Crippen LogP contribution in [0.15, 0.2) is 0 Å². The minimum Gasteiger partial charge on any atom is -0.378 e. The molecular formula is C15H28N2O2. The van der Waals surface area contributed by atoms with Crippen molar-refractivity contribution in [3.05, 3.63) is 0 Å². The van der Waals surface area contributed by atoms with Crippen molar-refractivity contribution in [1.82, 2.24) is 10.6 Å². The maximum Gasteiger partial charge on any atom is 0.227 e. The molecule has 0 radical (unpaired) electrons. The largest absolute Gasteiger partial charge is 0.378 e. The summed E-state index contributed by atoms with van der Waals surface area (Å²) in [4.78, 5) is 12.1. The summed E-state index contributed by atoms with van der Waals surface area (Å²) in [6, 6.07) is 0. The van der Waals surface area contributed by atoms with Gasteiger partial charge in [0.05, 0.1) is 11.5 Å². The molecule has 0 unspecified atom stereocenters. The monoisotopic (exact) mass is 268 g/mol. The van der Waals surface area contributed by atoms with E-state index in [-0.39, 0.29) is 11.3 Å². The highest BCUT2D eigenvalue weighted by Crippen LogP contribution is 2.25. The van der Waals surface area contributed by atoms with E-state index in [1.807, 2.05) is 0 Å². The molecule has 1 atom stereocenters. The van der Waals surface area contributed by atoms with Crippen molar-refractivity contribution in [3.8, 4) is 0 Å². The molecule has 0 aromatic heterocycles. The van der Waals surface area contributed by atoms with Crippen molar-refractivity contribution in [3.63, 3.8) is 0 Å². The molecule has 0 bridgehead atoms. The zero-order chi connectivity index (χ0) is 13.6. The zero-order valence-corrected chi connectivity index (χ0v) is 12.2. The lowest BCUT2D eigenvalue weighted by atomic mass is 9.82. The second-order valence-corrected chi connectivity index (χ2v) is 6.23. The lowest BCUT2D eigenvalue weighted by molar-refractivity contribution is -0.131. The minimum atomic E-state index is -0.218. The molecule has 2 N–H and O–H groups in total. The summed E-state index contributed by atoms with van der Waals surface area (Å²) in [5.74, 6) is 0.195. The van der Waals surface area contributed by atoms with Crippen LogP contribution in [0.5, 0.6) is 0 Å². The third-order valence-corrected chi connectivity index (χ3v) is 4.41. The Morgan fingerprint density at radius 2 is 2.16 bits per heavy atom. The molecule has 4 heteroatoms. The third-order valence-electron chi connectivity index (χ3n) is 4.41. The molecule has 1 saturated heterocycles. The number of nitrogens with one attached hydrogen (secondary N) is 2. The Kier molecular flexibility index (Phi) is 5.64. The van der Waals surface area contributed by atoms with Crippen molar-refractivity contribution >= 4 is 5.91 Å². The second kappa shape index (κ2) is 7.25. The summed E-state index contributed by atoms with van der Waals surface area (Å²) < 4.78 is 5.79. The molecule has 0 aromatic rings. The average Bonchev–Trinajstić information content (AvgIpc) is 2.92. The van der Waals surface area contributed by atoms with Gasteiger partial charge < -0.3 is 15.4 Å². The van der Waals surface area contributed by atoms with Crippen LogP contribution in [0.4, 0.5) is 0 Å². The molecule has 1 amide bonds. The van der Waals surface area contributed by atoms with Gasteiger partial charge in [0.1, 0.15) is 0 Å². The molecule has 2 rings (SSSR count). The van der Waals surface area contributed by atoms with Crippen molar-refractivity contribution < 1.29 is 9.53 Å². The highest BCUT2D eigenvalue weighted by molar-refractivity contribution is 5.82. The first kappa shape index (κ1) is 14.8. The quantitative estimate of drug-likeness (QED) is 0.723. The topological polar surface area (TPSA) is 50.4 Å². The molecular weight excluding hydrogens is 240 g/mol. The van der Waals surface area contributed by atoms with Crippen LogP contribution in [0.25, 0.3) is 0 Å². The number of hydrogen-bond acceptors (Lipinski definition) is 3. The smallest absolute Gasteiger partial charge is 0.227 e. The molecule has 1 saturated carbocycles. The number of ether oxygens (including phenoxy) is 1. The lowest BCUT2D eigenvalue weighted by Crippen LogP contribution is -2.48. The summed E-state index contributed by atoms with van der Waals surface area (Å²) in [6.45, 7) is 5.42. The van der Waals surface area contributed by atoms with E-state index in [4.69, 9.17) is 4.74 Å². The van der Waals surface area contributed by atoms with Crippen LogP contribution in [0.3, 0.4) is 0 Å². The van der Waals surface area contributed by atoms with Gasteiger partial charge in [0.2, 0.25) is 5.91 Å². The summed E-state index contributed by atoms with van der Waals surface area (Å²) in [6.07, 6.45) is 8.55. The fraction of sp³-hybridized carbons (Fsp3) is 0.933. The second-order valence-electron chi connectivity index (χ2n) is 6.23. The van der Waals surface area contributed by atoms with Gasteiger partial charge in [-0.3, -0.25) is 4.79 Å². The number of amides is 1. The van der Waals surface area contributed by atoms with Crippen molar-refractivity contribution in [1.29, 1.82) is 0 Å². The number of carbonyl (C=O) groups is 1. The Bertz CT molecular complexity index is 282. The number of carbonyl (C=O) groups excluding carboxylic acids is 1. The minimum absolute atomic E-state index is 0.195. The maximum absolute atomic E-state index is 12.1. The highest BCUT2D eigenvalue weighted by atomic mass is 16.5. The van der Waals surface area contributed by atoms with Crippen LogP contribution >= 0.6 is 0 Å². The van der Waals surface area contributed by atoms with Crippen molar-refractivity contribution in [2.24, 2.45) is 5.41 Å². The normalized spacial score (nSPS) is 28.5. The van der Waals surface area contributed by atoms with Gasteiger partial charge >= 0.3 is 0 Å². The van der Waals surface area contributed by atoms with Crippen molar-refractivity contribution in [2.75, 3.05) is 26.2 Å². The molecule has 2 aliphatic rings. The van der Waals surface area contributed by atoms with E-state index < -0.39 is 0 Å². The van der Waals surface area contributed by atoms with Crippen molar-refractivity contribution in [2.45, 2.75) is 58.0 Å². The van der Waals surface area contributed by atoms with Gasteiger partial charge in [0, 0.05) is 19.7 Å². The molecule has 0 aromatic carbocycles. The Morgan fingerprint density at radius 1 is 1.37 bits per heavy atom. The molecule has 19 heavy (non-hydrogen) atoms. The average molecular weight is 268 g/mol. The number of hydrogen-bond donors (Lipinski definition) is 2. The fourth-order valence-electron chi connectivity index (χ4n) is 3.04. The van der Waals surface area contributed by atoms with Crippen LogP contribution in [0.2, 0.25) is 0 Å². The van der Waals surface area contributed by atoms with Gasteiger partial charge in [0.25, 0.3) is 0 Å². The van der Waals surface area contributed by atoms with E-state index in [0.29, 0.717) is 6.10 Å². The first-order chi connectivity index (χ1) is 9.21. The van der Waals surface area contributed by atoms with Gasteiger partial charge in [-0.05, 0) is 45.6 Å². The molecule has 1 aliphatic heterocycles. The Morgan fingerprint density at radius 3 is 2.84 bits per heavy atom. The molecule has 1 aliphatic carbocycles. The Labute approximate surface area is 116 Å². The maximum atomic E-state index is 12.1. The summed E-state index contributed by atoms with van der Waals surface area (Å²) in [7, 11) is 0. The standard InChI is InChI=1S/C15H28N2O2/c1-15(8-4-9-16-12-15)14(18)17-10-5-11-19-13-6-2-3-7-13/h13,16H,2-12H2,1H3,(H,17,18)/t15-/m0/s1. The van der Waals surface area contributed by atoms with E-state index in [1.165, 1.54) is 25.7 Å². The lowest BCUT2D eigenvalue weighted by Gasteiger charge is -2.32. The van der Waals surface area contributed by atoms with Gasteiger partial charge in [-0.25, -0.2) is 0 Å². The first-order valence-electron chi connectivity index (χ1n) is 7.81. The van der Waals surface area contributed by atoms with E-state index in [0.717, 1.165) is 45.5 Å². The van der Waals surface area contributed by atoms with E-state index >= 15 is 0 Å². The summed E-state index contributed by atoms with van der Waals surface area (Å²) >= 11 is 0. The predicted molar refractivity (Wildman–Crippen MR) is 76.0 cm³/mol. The Balaban J connectivity index is 1.55. The molecule has 2 fully saturated rings. The summed E-state index contributed by atoms with van der Waals surface area (Å²) in [5.41, 5.74) is -0.218. The highest BCUT2D eigenvalue weighted by Gasteiger charge is 2.34. The third kappa shape index (κ3) is 4.46. The molecule has 110 valence electrons. The van der Waals surface area contributed by atoms with Crippen LogP contribution in [-0.2, 0) is 9.53 Å². The van der Waals surface area contributed by atoms with Gasteiger partial charge in [-0.1, -0.05) is 12.8 Å². The number of rotatable bonds is 6. The molecule has 1 heterocycles. The number of piperidine rings is 1.